The molecule has 5 nitrogen and oxygen atoms in total. The van der Waals surface area contributed by atoms with Crippen LogP contribution in [0, 0.1) is 5.92 Å². The zero-order valence-corrected chi connectivity index (χ0v) is 9.53. The van der Waals surface area contributed by atoms with Gasteiger partial charge in [0.05, 0.1) is 6.61 Å². The molecule has 0 bridgehead atoms. The minimum Gasteiger partial charge on any atom is -0.492 e. The number of sulfonamides is 1. The summed E-state index contributed by atoms with van der Waals surface area (Å²) in [6, 6.07) is 4.45. The SMILES string of the molecule is Nc1ccc(OCC2CC2)c(S(N)(=O)=O)c1. The predicted octanol–water partition coefficient (Wildman–Crippen LogP) is 0.705. The van der Waals surface area contributed by atoms with E-state index in [0.29, 0.717) is 18.2 Å². The van der Waals surface area contributed by atoms with E-state index in [1.54, 1.807) is 6.07 Å². The van der Waals surface area contributed by atoms with Gasteiger partial charge in [-0.25, -0.2) is 13.6 Å². The molecule has 0 unspecified atom stereocenters. The molecule has 6 heteroatoms. The summed E-state index contributed by atoms with van der Waals surface area (Å²) >= 11 is 0. The third-order valence-electron chi connectivity index (χ3n) is 2.45. The zero-order valence-electron chi connectivity index (χ0n) is 8.72. The summed E-state index contributed by atoms with van der Waals surface area (Å²) < 4.78 is 28.0. The van der Waals surface area contributed by atoms with Gasteiger partial charge in [-0.3, -0.25) is 0 Å². The van der Waals surface area contributed by atoms with Crippen molar-refractivity contribution in [2.45, 2.75) is 17.7 Å². The van der Waals surface area contributed by atoms with E-state index in [9.17, 15) is 8.42 Å². The highest BCUT2D eigenvalue weighted by Gasteiger charge is 2.23. The van der Waals surface area contributed by atoms with Gasteiger partial charge in [0.2, 0.25) is 10.0 Å². The van der Waals surface area contributed by atoms with E-state index in [0.717, 1.165) is 12.8 Å². The molecule has 1 aliphatic carbocycles. The second kappa shape index (κ2) is 3.95. The number of anilines is 1. The highest BCUT2D eigenvalue weighted by molar-refractivity contribution is 7.89. The monoisotopic (exact) mass is 242 g/mol. The first-order valence-electron chi connectivity index (χ1n) is 5.02. The van der Waals surface area contributed by atoms with E-state index in [4.69, 9.17) is 15.6 Å². The number of ether oxygens (including phenoxy) is 1. The van der Waals surface area contributed by atoms with Crippen LogP contribution in [0.4, 0.5) is 5.69 Å². The minimum absolute atomic E-state index is 0.0480. The number of hydrogen-bond acceptors (Lipinski definition) is 4. The van der Waals surface area contributed by atoms with Crippen molar-refractivity contribution in [1.29, 1.82) is 0 Å². The van der Waals surface area contributed by atoms with Crippen LogP contribution in [0.25, 0.3) is 0 Å². The molecular formula is C10H14N2O3S. The topological polar surface area (TPSA) is 95.4 Å². The standard InChI is InChI=1S/C10H14N2O3S/c11-8-3-4-9(15-6-7-1-2-7)10(5-8)16(12,13)14/h3-5,7H,1-2,6,11H2,(H2,12,13,14). The third-order valence-corrected chi connectivity index (χ3v) is 3.38. The van der Waals surface area contributed by atoms with Crippen LogP contribution in [0.1, 0.15) is 12.8 Å². The summed E-state index contributed by atoms with van der Waals surface area (Å²) in [7, 11) is -3.79. The fraction of sp³-hybridized carbons (Fsp3) is 0.400. The van der Waals surface area contributed by atoms with E-state index in [2.05, 4.69) is 0 Å². The normalized spacial score (nSPS) is 16.1. The van der Waals surface area contributed by atoms with Crippen molar-refractivity contribution in [2.75, 3.05) is 12.3 Å². The lowest BCUT2D eigenvalue weighted by molar-refractivity contribution is 0.292. The Kier molecular flexibility index (Phi) is 2.77. The molecule has 0 aliphatic heterocycles. The van der Waals surface area contributed by atoms with Gasteiger partial charge < -0.3 is 10.5 Å². The first kappa shape index (κ1) is 11.2. The molecule has 0 amide bonds. The highest BCUT2D eigenvalue weighted by Crippen LogP contribution is 2.31. The van der Waals surface area contributed by atoms with Crippen molar-refractivity contribution in [3.63, 3.8) is 0 Å². The Morgan fingerprint density at radius 1 is 1.38 bits per heavy atom. The smallest absolute Gasteiger partial charge is 0.241 e. The van der Waals surface area contributed by atoms with E-state index >= 15 is 0 Å². The van der Waals surface area contributed by atoms with Gasteiger partial charge in [0.15, 0.2) is 0 Å². The molecule has 16 heavy (non-hydrogen) atoms. The number of benzene rings is 1. The Hall–Kier alpha value is -1.27. The largest absolute Gasteiger partial charge is 0.492 e. The summed E-state index contributed by atoms with van der Waals surface area (Å²) in [6.07, 6.45) is 2.28. The van der Waals surface area contributed by atoms with Crippen LogP contribution in [0.3, 0.4) is 0 Å². The highest BCUT2D eigenvalue weighted by atomic mass is 32.2. The van der Waals surface area contributed by atoms with Gasteiger partial charge in [-0.05, 0) is 37.0 Å². The molecule has 4 N–H and O–H groups in total. The van der Waals surface area contributed by atoms with Crippen molar-refractivity contribution in [3.05, 3.63) is 18.2 Å². The summed E-state index contributed by atoms with van der Waals surface area (Å²) in [6.45, 7) is 0.534. The molecule has 0 saturated heterocycles. The van der Waals surface area contributed by atoms with Crippen LogP contribution in [-0.2, 0) is 10.0 Å². The molecule has 1 saturated carbocycles. The molecule has 0 spiro atoms. The zero-order chi connectivity index (χ0) is 11.8. The molecule has 2 rings (SSSR count). The Morgan fingerprint density at radius 3 is 2.62 bits per heavy atom. The van der Waals surface area contributed by atoms with Gasteiger partial charge in [-0.1, -0.05) is 0 Å². The third kappa shape index (κ3) is 2.65. The lowest BCUT2D eigenvalue weighted by atomic mass is 10.3. The fourth-order valence-electron chi connectivity index (χ4n) is 1.36. The molecule has 1 aliphatic rings. The molecule has 1 aromatic rings. The van der Waals surface area contributed by atoms with Crippen molar-refractivity contribution in [1.82, 2.24) is 0 Å². The summed E-state index contributed by atoms with van der Waals surface area (Å²) in [5.41, 5.74) is 5.87. The Morgan fingerprint density at radius 2 is 2.06 bits per heavy atom. The second-order valence-corrected chi connectivity index (χ2v) is 5.54. The van der Waals surface area contributed by atoms with Crippen molar-refractivity contribution >= 4 is 15.7 Å². The number of hydrogen-bond donors (Lipinski definition) is 2. The number of rotatable bonds is 4. The first-order valence-corrected chi connectivity index (χ1v) is 6.56. The number of nitrogen functional groups attached to an aromatic ring is 1. The predicted molar refractivity (Wildman–Crippen MR) is 60.4 cm³/mol. The molecule has 0 radical (unpaired) electrons. The summed E-state index contributed by atoms with van der Waals surface area (Å²) in [4.78, 5) is -0.0480. The van der Waals surface area contributed by atoms with Crippen LogP contribution in [0.2, 0.25) is 0 Å². The van der Waals surface area contributed by atoms with Crippen molar-refractivity contribution in [3.8, 4) is 5.75 Å². The van der Waals surface area contributed by atoms with Gasteiger partial charge in [0.25, 0.3) is 0 Å². The van der Waals surface area contributed by atoms with E-state index in [1.807, 2.05) is 0 Å². The number of primary sulfonamides is 1. The van der Waals surface area contributed by atoms with Crippen molar-refractivity contribution < 1.29 is 13.2 Å². The molecule has 1 aromatic carbocycles. The van der Waals surface area contributed by atoms with Gasteiger partial charge in [-0.2, -0.15) is 0 Å². The Bertz CT molecular complexity index is 495. The summed E-state index contributed by atoms with van der Waals surface area (Å²) in [5.74, 6) is 0.828. The van der Waals surface area contributed by atoms with E-state index in [1.165, 1.54) is 12.1 Å². The van der Waals surface area contributed by atoms with E-state index < -0.39 is 10.0 Å². The Balaban J connectivity index is 2.27. The van der Waals surface area contributed by atoms with Crippen LogP contribution < -0.4 is 15.6 Å². The van der Waals surface area contributed by atoms with Crippen LogP contribution in [0.5, 0.6) is 5.75 Å². The molecule has 1 fully saturated rings. The number of nitrogens with two attached hydrogens (primary N) is 2. The Labute approximate surface area is 94.4 Å². The molecule has 0 heterocycles. The molecule has 88 valence electrons. The molecule has 0 aromatic heterocycles. The van der Waals surface area contributed by atoms with Crippen LogP contribution in [0.15, 0.2) is 23.1 Å². The maximum Gasteiger partial charge on any atom is 0.241 e. The lowest BCUT2D eigenvalue weighted by Gasteiger charge is -2.10. The van der Waals surface area contributed by atoms with Gasteiger partial charge in [0.1, 0.15) is 10.6 Å². The maximum atomic E-state index is 11.3. The average molecular weight is 242 g/mol. The van der Waals surface area contributed by atoms with Gasteiger partial charge >= 0.3 is 0 Å². The van der Waals surface area contributed by atoms with Crippen LogP contribution in [-0.4, -0.2) is 15.0 Å². The molecular weight excluding hydrogens is 228 g/mol. The van der Waals surface area contributed by atoms with Gasteiger partial charge in [0, 0.05) is 5.69 Å². The van der Waals surface area contributed by atoms with Crippen LogP contribution >= 0.6 is 0 Å². The fourth-order valence-corrected chi connectivity index (χ4v) is 2.07. The lowest BCUT2D eigenvalue weighted by Crippen LogP contribution is -2.15. The summed E-state index contributed by atoms with van der Waals surface area (Å²) in [5, 5.41) is 5.09. The second-order valence-electron chi connectivity index (χ2n) is 4.01. The molecule has 0 atom stereocenters. The van der Waals surface area contributed by atoms with Crippen molar-refractivity contribution in [2.24, 2.45) is 11.1 Å². The van der Waals surface area contributed by atoms with Gasteiger partial charge in [-0.15, -0.1) is 0 Å². The average Bonchev–Trinajstić information content (AvgIpc) is 2.98. The minimum atomic E-state index is -3.79. The maximum absolute atomic E-state index is 11.3. The first-order chi connectivity index (χ1) is 7.47. The quantitative estimate of drug-likeness (QED) is 0.760. The van der Waals surface area contributed by atoms with E-state index in [-0.39, 0.29) is 10.6 Å².